The zero-order chi connectivity index (χ0) is 17.8. The van der Waals surface area contributed by atoms with Crippen molar-refractivity contribution < 1.29 is 14.3 Å². The van der Waals surface area contributed by atoms with Gasteiger partial charge in [-0.2, -0.15) is 0 Å². The minimum absolute atomic E-state index is 0.115. The van der Waals surface area contributed by atoms with Gasteiger partial charge in [-0.25, -0.2) is 5.01 Å². The summed E-state index contributed by atoms with van der Waals surface area (Å²) in [6.45, 7) is 0. The number of anilines is 2. The van der Waals surface area contributed by atoms with E-state index < -0.39 is 0 Å². The van der Waals surface area contributed by atoms with E-state index in [0.29, 0.717) is 22.1 Å². The highest BCUT2D eigenvalue weighted by Crippen LogP contribution is 2.24. The van der Waals surface area contributed by atoms with Gasteiger partial charge in [0.15, 0.2) is 0 Å². The van der Waals surface area contributed by atoms with Crippen LogP contribution in [0.1, 0.15) is 6.42 Å². The van der Waals surface area contributed by atoms with Crippen molar-refractivity contribution >= 4 is 34.8 Å². The van der Waals surface area contributed by atoms with E-state index in [0.717, 1.165) is 0 Å². The Kier molecular flexibility index (Phi) is 4.90. The molecule has 128 valence electrons. The van der Waals surface area contributed by atoms with Crippen LogP contribution in [0.25, 0.3) is 0 Å². The number of carbonyl (C=O) groups excluding carboxylic acids is 2. The molecule has 1 aliphatic heterocycles. The molecule has 0 spiro atoms. The summed E-state index contributed by atoms with van der Waals surface area (Å²) in [6.07, 6.45) is 1.67. The summed E-state index contributed by atoms with van der Waals surface area (Å²) < 4.78 is 5.22. The fourth-order valence-corrected chi connectivity index (χ4v) is 2.51. The number of hydrogen-bond acceptors (Lipinski definition) is 4. The maximum atomic E-state index is 12.5. The number of hydrazine groups is 1. The molecule has 0 saturated heterocycles. The van der Waals surface area contributed by atoms with Crippen molar-refractivity contribution in [3.05, 3.63) is 65.3 Å². The number of ether oxygens (including phenoxy) is 1. The lowest BCUT2D eigenvalue weighted by atomic mass is 10.2. The van der Waals surface area contributed by atoms with E-state index in [1.807, 2.05) is 6.07 Å². The Morgan fingerprint density at radius 1 is 1.20 bits per heavy atom. The second-order valence-electron chi connectivity index (χ2n) is 5.29. The highest BCUT2D eigenvalue weighted by atomic mass is 35.5. The van der Waals surface area contributed by atoms with E-state index in [9.17, 15) is 9.59 Å². The Morgan fingerprint density at radius 2 is 1.92 bits per heavy atom. The topological polar surface area (TPSA) is 70.7 Å². The van der Waals surface area contributed by atoms with Gasteiger partial charge in [0.2, 0.25) is 5.91 Å². The standard InChI is InChI=1S/C18H16ClN3O3/c1-25-16-5-3-2-4-14(16)20-18(24)15-10-11-17(23)22(21-15)13-8-6-12(19)7-9-13/h2-10,21H,11H2,1H3,(H,20,24). The number of nitrogens with one attached hydrogen (secondary N) is 2. The molecule has 2 amide bonds. The second kappa shape index (κ2) is 7.27. The Bertz CT molecular complexity index is 834. The number of benzene rings is 2. The van der Waals surface area contributed by atoms with Crippen LogP contribution in [-0.4, -0.2) is 18.9 Å². The maximum absolute atomic E-state index is 12.5. The van der Waals surface area contributed by atoms with Gasteiger partial charge in [0.1, 0.15) is 11.4 Å². The van der Waals surface area contributed by atoms with E-state index in [1.54, 1.807) is 48.5 Å². The van der Waals surface area contributed by atoms with Crippen molar-refractivity contribution in [2.75, 3.05) is 17.4 Å². The first-order valence-corrected chi connectivity index (χ1v) is 7.96. The third-order valence-electron chi connectivity index (χ3n) is 3.65. The number of amides is 2. The van der Waals surface area contributed by atoms with Crippen LogP contribution < -0.4 is 20.5 Å². The average molecular weight is 358 g/mol. The molecule has 0 atom stereocenters. The van der Waals surface area contributed by atoms with Crippen LogP contribution in [0.2, 0.25) is 5.02 Å². The first kappa shape index (κ1) is 16.9. The molecular formula is C18H16ClN3O3. The van der Waals surface area contributed by atoms with Gasteiger partial charge in [0.05, 0.1) is 18.5 Å². The maximum Gasteiger partial charge on any atom is 0.273 e. The zero-order valence-corrected chi connectivity index (χ0v) is 14.2. The van der Waals surface area contributed by atoms with Crippen molar-refractivity contribution in [1.82, 2.24) is 5.43 Å². The monoisotopic (exact) mass is 357 g/mol. The smallest absolute Gasteiger partial charge is 0.273 e. The molecule has 1 heterocycles. The molecule has 25 heavy (non-hydrogen) atoms. The van der Waals surface area contributed by atoms with Gasteiger partial charge in [-0.1, -0.05) is 23.7 Å². The number of halogens is 1. The number of nitrogens with zero attached hydrogens (tertiary/aromatic N) is 1. The van der Waals surface area contributed by atoms with Crippen LogP contribution in [0.5, 0.6) is 5.75 Å². The van der Waals surface area contributed by atoms with Gasteiger partial charge in [0.25, 0.3) is 5.91 Å². The van der Waals surface area contributed by atoms with Crippen LogP contribution in [0.4, 0.5) is 11.4 Å². The van der Waals surface area contributed by atoms with E-state index >= 15 is 0 Å². The van der Waals surface area contributed by atoms with Crippen molar-refractivity contribution in [3.8, 4) is 5.75 Å². The van der Waals surface area contributed by atoms with Gasteiger partial charge >= 0.3 is 0 Å². The average Bonchev–Trinajstić information content (AvgIpc) is 2.63. The summed E-state index contributed by atoms with van der Waals surface area (Å²) in [7, 11) is 1.53. The largest absolute Gasteiger partial charge is 0.495 e. The van der Waals surface area contributed by atoms with Crippen LogP contribution in [0.15, 0.2) is 60.3 Å². The van der Waals surface area contributed by atoms with E-state index in [1.165, 1.54) is 12.1 Å². The van der Waals surface area contributed by atoms with Crippen molar-refractivity contribution in [2.24, 2.45) is 0 Å². The highest BCUT2D eigenvalue weighted by Gasteiger charge is 2.24. The predicted molar refractivity (Wildman–Crippen MR) is 96.4 cm³/mol. The Balaban J connectivity index is 1.77. The third-order valence-corrected chi connectivity index (χ3v) is 3.90. The van der Waals surface area contributed by atoms with Crippen LogP contribution in [-0.2, 0) is 9.59 Å². The predicted octanol–water partition coefficient (Wildman–Crippen LogP) is 3.11. The molecule has 2 N–H and O–H groups in total. The molecule has 1 aliphatic rings. The molecule has 3 rings (SSSR count). The lowest BCUT2D eigenvalue weighted by Gasteiger charge is -2.28. The molecule has 7 heteroatoms. The first-order chi connectivity index (χ1) is 12.1. The SMILES string of the molecule is COc1ccccc1NC(=O)C1=CCC(=O)N(c2ccc(Cl)cc2)N1. The van der Waals surface area contributed by atoms with Crippen molar-refractivity contribution in [1.29, 1.82) is 0 Å². The third kappa shape index (κ3) is 3.75. The van der Waals surface area contributed by atoms with Gasteiger partial charge in [-0.15, -0.1) is 0 Å². The molecule has 2 aromatic carbocycles. The summed E-state index contributed by atoms with van der Waals surface area (Å²) in [5.41, 5.74) is 4.27. The molecule has 6 nitrogen and oxygen atoms in total. The van der Waals surface area contributed by atoms with Gasteiger partial charge in [-0.3, -0.25) is 15.0 Å². The molecule has 2 aromatic rings. The van der Waals surface area contributed by atoms with Gasteiger partial charge < -0.3 is 10.1 Å². The van der Waals surface area contributed by atoms with Crippen molar-refractivity contribution in [3.63, 3.8) is 0 Å². The quantitative estimate of drug-likeness (QED) is 0.882. The molecule has 0 bridgehead atoms. The lowest BCUT2D eigenvalue weighted by molar-refractivity contribution is -0.119. The molecule has 0 saturated carbocycles. The number of carbonyl (C=O) groups is 2. The molecular weight excluding hydrogens is 342 g/mol. The number of hydrogen-bond donors (Lipinski definition) is 2. The van der Waals surface area contributed by atoms with E-state index in [4.69, 9.17) is 16.3 Å². The fourth-order valence-electron chi connectivity index (χ4n) is 2.39. The zero-order valence-electron chi connectivity index (χ0n) is 13.5. The van der Waals surface area contributed by atoms with Crippen LogP contribution in [0.3, 0.4) is 0 Å². The fraction of sp³-hybridized carbons (Fsp3) is 0.111. The molecule has 0 radical (unpaired) electrons. The van der Waals surface area contributed by atoms with E-state index in [-0.39, 0.29) is 23.9 Å². The number of methoxy groups -OCH3 is 1. The summed E-state index contributed by atoms with van der Waals surface area (Å²) in [4.78, 5) is 24.7. The summed E-state index contributed by atoms with van der Waals surface area (Å²) in [5, 5.41) is 4.67. The Morgan fingerprint density at radius 3 is 2.64 bits per heavy atom. The number of rotatable bonds is 4. The van der Waals surface area contributed by atoms with Crippen LogP contribution in [0, 0.1) is 0 Å². The highest BCUT2D eigenvalue weighted by molar-refractivity contribution is 6.30. The summed E-state index contributed by atoms with van der Waals surface area (Å²) in [6, 6.07) is 13.9. The molecule has 0 unspecified atom stereocenters. The number of para-hydroxylation sites is 2. The summed E-state index contributed by atoms with van der Waals surface area (Å²) >= 11 is 5.87. The van der Waals surface area contributed by atoms with Gasteiger partial charge in [0, 0.05) is 11.4 Å². The Hall–Kier alpha value is -2.99. The minimum atomic E-state index is -0.365. The molecule has 0 fully saturated rings. The molecule has 0 aliphatic carbocycles. The minimum Gasteiger partial charge on any atom is -0.495 e. The van der Waals surface area contributed by atoms with E-state index in [2.05, 4.69) is 10.7 Å². The second-order valence-corrected chi connectivity index (χ2v) is 5.73. The summed E-state index contributed by atoms with van der Waals surface area (Å²) in [5.74, 6) is 0.0185. The van der Waals surface area contributed by atoms with Gasteiger partial charge in [-0.05, 0) is 42.5 Å². The van der Waals surface area contributed by atoms with Crippen molar-refractivity contribution in [2.45, 2.75) is 6.42 Å². The lowest BCUT2D eigenvalue weighted by Crippen LogP contribution is -2.47. The first-order valence-electron chi connectivity index (χ1n) is 7.58. The molecule has 0 aromatic heterocycles. The Labute approximate surface area is 150 Å². The normalized spacial score (nSPS) is 13.8. The van der Waals surface area contributed by atoms with Crippen LogP contribution >= 0.6 is 11.6 Å².